The predicted molar refractivity (Wildman–Crippen MR) is 52.3 cm³/mol. The van der Waals surface area contributed by atoms with E-state index >= 15 is 0 Å². The first kappa shape index (κ1) is 10.5. The zero-order valence-electron chi connectivity index (χ0n) is 8.14. The van der Waals surface area contributed by atoms with Gasteiger partial charge in [-0.25, -0.2) is 0 Å². The second-order valence-electron chi connectivity index (χ2n) is 3.63. The SMILES string of the molecule is O=C(O)CC1(O)C(=O)c2ccccc2C1=O. The summed E-state index contributed by atoms with van der Waals surface area (Å²) in [5.41, 5.74) is -2.28. The van der Waals surface area contributed by atoms with Crippen LogP contribution >= 0.6 is 0 Å². The third kappa shape index (κ3) is 1.25. The molecule has 1 aliphatic carbocycles. The molecular weight excluding hydrogens is 212 g/mol. The molecule has 2 rings (SSSR count). The largest absolute Gasteiger partial charge is 0.481 e. The molecule has 0 heterocycles. The monoisotopic (exact) mass is 220 g/mol. The summed E-state index contributed by atoms with van der Waals surface area (Å²) in [7, 11) is 0. The highest BCUT2D eigenvalue weighted by Gasteiger charge is 2.52. The molecule has 0 saturated heterocycles. The van der Waals surface area contributed by atoms with E-state index in [9.17, 15) is 19.5 Å². The standard InChI is InChI=1S/C11H8O5/c12-8(13)5-11(16)9(14)6-3-1-2-4-7(6)10(11)15/h1-4,16H,5H2,(H,12,13). The van der Waals surface area contributed by atoms with Crippen LogP contribution in [-0.2, 0) is 4.79 Å². The molecule has 2 N–H and O–H groups in total. The number of carbonyl (C=O) groups excluding carboxylic acids is 2. The molecule has 0 spiro atoms. The van der Waals surface area contributed by atoms with Gasteiger partial charge >= 0.3 is 5.97 Å². The number of aliphatic carboxylic acids is 1. The van der Waals surface area contributed by atoms with Crippen molar-refractivity contribution in [3.63, 3.8) is 0 Å². The quantitative estimate of drug-likeness (QED) is 0.698. The Bertz CT molecular complexity index is 468. The Morgan fingerprint density at radius 2 is 1.56 bits per heavy atom. The average Bonchev–Trinajstić information content (AvgIpc) is 2.42. The van der Waals surface area contributed by atoms with Gasteiger partial charge in [0.15, 0.2) is 0 Å². The van der Waals surface area contributed by atoms with Gasteiger partial charge in [0.05, 0.1) is 6.42 Å². The minimum absolute atomic E-state index is 0.0799. The molecule has 16 heavy (non-hydrogen) atoms. The van der Waals surface area contributed by atoms with Gasteiger partial charge in [0.25, 0.3) is 0 Å². The fourth-order valence-electron chi connectivity index (χ4n) is 1.81. The van der Waals surface area contributed by atoms with Crippen molar-refractivity contribution < 1.29 is 24.6 Å². The van der Waals surface area contributed by atoms with Crippen molar-refractivity contribution in [2.75, 3.05) is 0 Å². The van der Waals surface area contributed by atoms with E-state index < -0.39 is 29.6 Å². The van der Waals surface area contributed by atoms with Crippen molar-refractivity contribution in [3.05, 3.63) is 35.4 Å². The van der Waals surface area contributed by atoms with Crippen molar-refractivity contribution in [2.24, 2.45) is 0 Å². The zero-order chi connectivity index (χ0) is 11.9. The molecule has 0 bridgehead atoms. The van der Waals surface area contributed by atoms with Crippen LogP contribution in [0.1, 0.15) is 27.1 Å². The lowest BCUT2D eigenvalue weighted by molar-refractivity contribution is -0.140. The summed E-state index contributed by atoms with van der Waals surface area (Å²) in [4.78, 5) is 34.0. The minimum atomic E-state index is -2.43. The molecule has 0 radical (unpaired) electrons. The Kier molecular flexibility index (Phi) is 2.13. The van der Waals surface area contributed by atoms with Gasteiger partial charge in [0.2, 0.25) is 17.2 Å². The molecule has 0 atom stereocenters. The van der Waals surface area contributed by atoms with Gasteiger partial charge in [-0.2, -0.15) is 0 Å². The molecule has 0 aliphatic heterocycles. The van der Waals surface area contributed by atoms with Crippen molar-refractivity contribution >= 4 is 17.5 Å². The Labute approximate surface area is 90.3 Å². The van der Waals surface area contributed by atoms with Crippen molar-refractivity contribution in [1.29, 1.82) is 0 Å². The molecule has 0 fully saturated rings. The molecule has 1 aliphatic rings. The molecule has 82 valence electrons. The van der Waals surface area contributed by atoms with E-state index in [-0.39, 0.29) is 11.1 Å². The molecule has 0 saturated carbocycles. The number of Topliss-reactive ketones (excluding diaryl/α,β-unsaturated/α-hetero) is 2. The van der Waals surface area contributed by atoms with Crippen LogP contribution in [0.2, 0.25) is 0 Å². The van der Waals surface area contributed by atoms with Crippen LogP contribution in [0.25, 0.3) is 0 Å². The Morgan fingerprint density at radius 1 is 1.12 bits per heavy atom. The maximum atomic E-state index is 11.7. The van der Waals surface area contributed by atoms with Crippen LogP contribution in [0.4, 0.5) is 0 Å². The van der Waals surface area contributed by atoms with Gasteiger partial charge in [-0.15, -0.1) is 0 Å². The Morgan fingerprint density at radius 3 is 1.94 bits per heavy atom. The predicted octanol–water partition coefficient (Wildman–Crippen LogP) is 0.271. The molecule has 5 heteroatoms. The molecule has 0 aromatic heterocycles. The van der Waals surface area contributed by atoms with E-state index in [4.69, 9.17) is 5.11 Å². The summed E-state index contributed by atoms with van der Waals surface area (Å²) in [6.07, 6.45) is -0.903. The maximum Gasteiger partial charge on any atom is 0.307 e. The first-order valence-corrected chi connectivity index (χ1v) is 4.59. The normalized spacial score (nSPS) is 17.3. The summed E-state index contributed by atoms with van der Waals surface area (Å²) in [5, 5.41) is 18.4. The molecule has 5 nitrogen and oxygen atoms in total. The van der Waals surface area contributed by atoms with E-state index in [0.717, 1.165) is 0 Å². The number of fused-ring (bicyclic) bond motifs is 1. The number of carboxylic acid groups (broad SMARTS) is 1. The van der Waals surface area contributed by atoms with Crippen LogP contribution in [0.15, 0.2) is 24.3 Å². The van der Waals surface area contributed by atoms with Crippen molar-refractivity contribution in [3.8, 4) is 0 Å². The van der Waals surface area contributed by atoms with Crippen LogP contribution in [0, 0.1) is 0 Å². The van der Waals surface area contributed by atoms with Gasteiger partial charge in [-0.3, -0.25) is 14.4 Å². The summed E-state index contributed by atoms with van der Waals surface area (Å²) in [6.45, 7) is 0. The lowest BCUT2D eigenvalue weighted by Crippen LogP contribution is -2.43. The fraction of sp³-hybridized carbons (Fsp3) is 0.182. The summed E-state index contributed by atoms with van der Waals surface area (Å²) in [5.74, 6) is -3.07. The highest BCUT2D eigenvalue weighted by molar-refractivity contribution is 6.32. The highest BCUT2D eigenvalue weighted by atomic mass is 16.4. The topological polar surface area (TPSA) is 91.7 Å². The molecular formula is C11H8O5. The lowest BCUT2D eigenvalue weighted by atomic mass is 9.94. The van der Waals surface area contributed by atoms with Gasteiger partial charge in [-0.05, 0) is 0 Å². The number of benzene rings is 1. The van der Waals surface area contributed by atoms with Crippen LogP contribution < -0.4 is 0 Å². The minimum Gasteiger partial charge on any atom is -0.481 e. The van der Waals surface area contributed by atoms with Crippen LogP contribution in [0.3, 0.4) is 0 Å². The number of aliphatic hydroxyl groups is 1. The smallest absolute Gasteiger partial charge is 0.307 e. The first-order chi connectivity index (χ1) is 7.47. The number of ketones is 2. The number of rotatable bonds is 2. The highest BCUT2D eigenvalue weighted by Crippen LogP contribution is 2.32. The Balaban J connectivity index is 2.53. The molecule has 0 amide bonds. The van der Waals surface area contributed by atoms with E-state index in [1.807, 2.05) is 0 Å². The molecule has 1 aromatic rings. The number of hydrogen-bond acceptors (Lipinski definition) is 4. The van der Waals surface area contributed by atoms with Crippen LogP contribution in [0.5, 0.6) is 0 Å². The fourth-order valence-corrected chi connectivity index (χ4v) is 1.81. The molecule has 1 aromatic carbocycles. The number of carboxylic acids is 1. The second kappa shape index (κ2) is 3.24. The third-order valence-corrected chi connectivity index (χ3v) is 2.57. The second-order valence-corrected chi connectivity index (χ2v) is 3.63. The number of carbonyl (C=O) groups is 3. The summed E-state index contributed by atoms with van der Waals surface area (Å²) >= 11 is 0. The van der Waals surface area contributed by atoms with Crippen molar-refractivity contribution in [2.45, 2.75) is 12.0 Å². The van der Waals surface area contributed by atoms with E-state index in [2.05, 4.69) is 0 Å². The number of hydrogen-bond donors (Lipinski definition) is 2. The third-order valence-electron chi connectivity index (χ3n) is 2.57. The first-order valence-electron chi connectivity index (χ1n) is 4.59. The Hall–Kier alpha value is -2.01. The van der Waals surface area contributed by atoms with E-state index in [0.29, 0.717) is 0 Å². The molecule has 0 unspecified atom stereocenters. The zero-order valence-corrected chi connectivity index (χ0v) is 8.14. The maximum absolute atomic E-state index is 11.7. The van der Waals surface area contributed by atoms with E-state index in [1.54, 1.807) is 12.1 Å². The van der Waals surface area contributed by atoms with E-state index in [1.165, 1.54) is 12.1 Å². The average molecular weight is 220 g/mol. The van der Waals surface area contributed by atoms with Gasteiger partial charge in [0, 0.05) is 11.1 Å². The summed E-state index contributed by atoms with van der Waals surface area (Å²) in [6, 6.07) is 5.90. The van der Waals surface area contributed by atoms with Crippen molar-refractivity contribution in [1.82, 2.24) is 0 Å². The van der Waals surface area contributed by atoms with Crippen LogP contribution in [-0.4, -0.2) is 33.3 Å². The lowest BCUT2D eigenvalue weighted by Gasteiger charge is -2.15. The van der Waals surface area contributed by atoms with Gasteiger partial charge < -0.3 is 10.2 Å². The van der Waals surface area contributed by atoms with Gasteiger partial charge in [-0.1, -0.05) is 24.3 Å². The summed E-state index contributed by atoms with van der Waals surface area (Å²) < 4.78 is 0. The van der Waals surface area contributed by atoms with Gasteiger partial charge in [0.1, 0.15) is 0 Å².